The molecule has 9 nitrogen and oxygen atoms in total. The van der Waals surface area contributed by atoms with Crippen LogP contribution in [0.3, 0.4) is 0 Å². The summed E-state index contributed by atoms with van der Waals surface area (Å²) in [5, 5.41) is 2.57. The molecule has 3 rings (SSSR count). The zero-order valence-electron chi connectivity index (χ0n) is 16.7. The first-order valence-corrected chi connectivity index (χ1v) is 11.7. The van der Waals surface area contributed by atoms with Gasteiger partial charge < -0.3 is 15.1 Å². The second-order valence-electron chi connectivity index (χ2n) is 7.49. The van der Waals surface area contributed by atoms with E-state index in [0.29, 0.717) is 38.2 Å². The van der Waals surface area contributed by atoms with Crippen LogP contribution in [0.25, 0.3) is 0 Å². The smallest absolute Gasteiger partial charge is 0.242 e. The number of nitrogens with zero attached hydrogens (tertiary/aromatic N) is 2. The third-order valence-electron chi connectivity index (χ3n) is 5.17. The molecule has 2 saturated heterocycles. The number of likely N-dealkylation sites (tertiary alicyclic amines) is 2. The van der Waals surface area contributed by atoms with Crippen molar-refractivity contribution in [2.75, 3.05) is 31.5 Å². The molecule has 2 heterocycles. The molecule has 0 unspecified atom stereocenters. The Morgan fingerprint density at radius 3 is 2.50 bits per heavy atom. The summed E-state index contributed by atoms with van der Waals surface area (Å²) in [5.74, 6) is -0.843. The fourth-order valence-corrected chi connectivity index (χ4v) is 5.19. The molecule has 0 radical (unpaired) electrons. The van der Waals surface area contributed by atoms with Crippen LogP contribution in [0.2, 0.25) is 5.02 Å². The molecule has 11 heteroatoms. The molecule has 30 heavy (non-hydrogen) atoms. The molecule has 0 aromatic heterocycles. The van der Waals surface area contributed by atoms with Gasteiger partial charge in [-0.2, -0.15) is 4.72 Å². The van der Waals surface area contributed by atoms with E-state index in [1.807, 2.05) is 0 Å². The zero-order valence-corrected chi connectivity index (χ0v) is 18.3. The highest BCUT2D eigenvalue weighted by Gasteiger charge is 2.34. The minimum absolute atomic E-state index is 0.0334. The summed E-state index contributed by atoms with van der Waals surface area (Å²) in [7, 11) is -4.02. The average molecular weight is 457 g/mol. The summed E-state index contributed by atoms with van der Waals surface area (Å²) in [6, 6.07) is 2.98. The molecule has 0 spiro atoms. The molecular weight excluding hydrogens is 432 g/mol. The van der Waals surface area contributed by atoms with Gasteiger partial charge in [0.2, 0.25) is 27.7 Å². The highest BCUT2D eigenvalue weighted by atomic mass is 35.5. The van der Waals surface area contributed by atoms with E-state index < -0.39 is 22.0 Å². The molecule has 164 valence electrons. The Kier molecular flexibility index (Phi) is 6.99. The van der Waals surface area contributed by atoms with Crippen LogP contribution in [0.5, 0.6) is 0 Å². The van der Waals surface area contributed by atoms with E-state index in [1.165, 1.54) is 30.0 Å². The molecule has 0 saturated carbocycles. The van der Waals surface area contributed by atoms with Crippen LogP contribution in [0.15, 0.2) is 23.1 Å². The van der Waals surface area contributed by atoms with Crippen molar-refractivity contribution < 1.29 is 22.8 Å². The van der Waals surface area contributed by atoms with Crippen molar-refractivity contribution in [1.82, 2.24) is 14.5 Å². The highest BCUT2D eigenvalue weighted by molar-refractivity contribution is 7.89. The van der Waals surface area contributed by atoms with Gasteiger partial charge in [0.1, 0.15) is 6.04 Å². The molecule has 1 atom stereocenters. The number of hydrogen-bond acceptors (Lipinski definition) is 5. The number of hydrogen-bond donors (Lipinski definition) is 2. The van der Waals surface area contributed by atoms with Gasteiger partial charge in [-0.15, -0.1) is 0 Å². The van der Waals surface area contributed by atoms with Gasteiger partial charge in [-0.05, 0) is 43.9 Å². The van der Waals surface area contributed by atoms with Crippen molar-refractivity contribution in [3.63, 3.8) is 0 Å². The van der Waals surface area contributed by atoms with Crippen LogP contribution < -0.4 is 10.0 Å². The summed E-state index contributed by atoms with van der Waals surface area (Å²) in [5.41, 5.74) is 0.295. The van der Waals surface area contributed by atoms with Crippen LogP contribution >= 0.6 is 11.6 Å². The van der Waals surface area contributed by atoms with E-state index >= 15 is 0 Å². The minimum atomic E-state index is -4.02. The van der Waals surface area contributed by atoms with Crippen molar-refractivity contribution in [3.8, 4) is 0 Å². The predicted molar refractivity (Wildman–Crippen MR) is 111 cm³/mol. The number of carbonyl (C=O) groups is 3. The van der Waals surface area contributed by atoms with E-state index in [4.69, 9.17) is 11.6 Å². The van der Waals surface area contributed by atoms with E-state index in [9.17, 15) is 22.8 Å². The second-order valence-corrected chi connectivity index (χ2v) is 9.61. The van der Waals surface area contributed by atoms with Crippen LogP contribution in [-0.2, 0) is 24.4 Å². The SMILES string of the molecule is CC(=O)Nc1ccc(S(=O)(=O)N[C@H]2CCCN(CC(=O)N3CCCC3)C2=O)cc1Cl. The second kappa shape index (κ2) is 9.32. The standard InChI is InChI=1S/C19H25ClN4O5S/c1-13(25)21-16-7-6-14(11-15(16)20)30(28,29)22-17-5-4-10-24(19(17)27)12-18(26)23-8-2-3-9-23/h6-7,11,17,22H,2-5,8-10,12H2,1H3,(H,21,25)/t17-/m0/s1. The Balaban J connectivity index is 1.68. The first-order valence-electron chi connectivity index (χ1n) is 9.83. The molecule has 3 amide bonds. The van der Waals surface area contributed by atoms with Crippen molar-refractivity contribution in [3.05, 3.63) is 23.2 Å². The lowest BCUT2D eigenvalue weighted by atomic mass is 10.1. The van der Waals surface area contributed by atoms with Crippen LogP contribution in [-0.4, -0.2) is 68.2 Å². The van der Waals surface area contributed by atoms with Crippen molar-refractivity contribution in [1.29, 1.82) is 0 Å². The molecule has 2 aliphatic rings. The Labute approximate surface area is 180 Å². The minimum Gasteiger partial charge on any atom is -0.341 e. The van der Waals surface area contributed by atoms with Gasteiger partial charge in [0, 0.05) is 26.6 Å². The van der Waals surface area contributed by atoms with Crippen molar-refractivity contribution in [2.45, 2.75) is 43.5 Å². The topological polar surface area (TPSA) is 116 Å². The number of sulfonamides is 1. The van der Waals surface area contributed by atoms with Gasteiger partial charge in [-0.1, -0.05) is 11.6 Å². The number of amides is 3. The van der Waals surface area contributed by atoms with Crippen LogP contribution in [0.1, 0.15) is 32.6 Å². The third kappa shape index (κ3) is 5.30. The van der Waals surface area contributed by atoms with Gasteiger partial charge in [-0.3, -0.25) is 14.4 Å². The Bertz CT molecular complexity index is 946. The number of nitrogens with one attached hydrogen (secondary N) is 2. The summed E-state index contributed by atoms with van der Waals surface area (Å²) >= 11 is 6.07. The first-order chi connectivity index (χ1) is 14.2. The van der Waals surface area contributed by atoms with Crippen molar-refractivity contribution in [2.24, 2.45) is 0 Å². The number of halogens is 1. The van der Waals surface area contributed by atoms with Gasteiger partial charge in [0.25, 0.3) is 0 Å². The summed E-state index contributed by atoms with van der Waals surface area (Å²) in [4.78, 5) is 39.4. The number of carbonyl (C=O) groups excluding carboxylic acids is 3. The molecule has 1 aromatic carbocycles. The lowest BCUT2D eigenvalue weighted by molar-refractivity contribution is -0.142. The monoisotopic (exact) mass is 456 g/mol. The normalized spacial score (nSPS) is 19.8. The fraction of sp³-hybridized carbons (Fsp3) is 0.526. The zero-order chi connectivity index (χ0) is 21.9. The first kappa shape index (κ1) is 22.5. The van der Waals surface area contributed by atoms with Crippen molar-refractivity contribution >= 4 is 45.0 Å². The van der Waals surface area contributed by atoms with E-state index in [1.54, 1.807) is 4.90 Å². The Morgan fingerprint density at radius 1 is 1.17 bits per heavy atom. The molecule has 1 aromatic rings. The molecule has 0 aliphatic carbocycles. The van der Waals surface area contributed by atoms with Gasteiger partial charge in [0.15, 0.2) is 0 Å². The molecule has 2 aliphatic heterocycles. The molecule has 2 N–H and O–H groups in total. The third-order valence-corrected chi connectivity index (χ3v) is 6.96. The van der Waals surface area contributed by atoms with Gasteiger partial charge >= 0.3 is 0 Å². The fourth-order valence-electron chi connectivity index (χ4n) is 3.65. The maximum absolute atomic E-state index is 12.8. The maximum atomic E-state index is 12.8. The number of benzene rings is 1. The number of rotatable bonds is 6. The summed E-state index contributed by atoms with van der Waals surface area (Å²) in [6.07, 6.45) is 2.87. The van der Waals surface area contributed by atoms with E-state index in [2.05, 4.69) is 10.0 Å². The molecule has 0 bridgehead atoms. The lowest BCUT2D eigenvalue weighted by Gasteiger charge is -2.33. The van der Waals surface area contributed by atoms with E-state index in [-0.39, 0.29) is 28.3 Å². The van der Waals surface area contributed by atoms with E-state index in [0.717, 1.165) is 12.8 Å². The Hall–Kier alpha value is -2.17. The van der Waals surface area contributed by atoms with Gasteiger partial charge in [0.05, 0.1) is 22.2 Å². The van der Waals surface area contributed by atoms with Crippen LogP contribution in [0.4, 0.5) is 5.69 Å². The summed E-state index contributed by atoms with van der Waals surface area (Å²) < 4.78 is 28.0. The molecular formula is C19H25ClN4O5S. The predicted octanol–water partition coefficient (Wildman–Crippen LogP) is 1.19. The number of piperidine rings is 1. The number of anilines is 1. The molecule has 2 fully saturated rings. The lowest BCUT2D eigenvalue weighted by Crippen LogP contribution is -2.54. The maximum Gasteiger partial charge on any atom is 0.242 e. The Morgan fingerprint density at radius 2 is 1.87 bits per heavy atom. The van der Waals surface area contributed by atoms with Crippen LogP contribution in [0, 0.1) is 0 Å². The van der Waals surface area contributed by atoms with Gasteiger partial charge in [-0.25, -0.2) is 8.42 Å². The highest BCUT2D eigenvalue weighted by Crippen LogP contribution is 2.26. The largest absolute Gasteiger partial charge is 0.341 e. The quantitative estimate of drug-likeness (QED) is 0.667. The average Bonchev–Trinajstić information content (AvgIpc) is 3.21. The summed E-state index contributed by atoms with van der Waals surface area (Å²) in [6.45, 7) is 3.11.